The molecule has 2 amide bonds. The van der Waals surface area contributed by atoms with Crippen molar-refractivity contribution in [1.82, 2.24) is 10.8 Å². The number of furan rings is 1. The maximum atomic E-state index is 12.3. The van der Waals surface area contributed by atoms with Gasteiger partial charge in [-0.1, -0.05) is 36.3 Å². The van der Waals surface area contributed by atoms with Crippen LogP contribution in [0.4, 0.5) is 0 Å². The summed E-state index contributed by atoms with van der Waals surface area (Å²) in [5.74, 6) is 5.22. The van der Waals surface area contributed by atoms with E-state index in [0.29, 0.717) is 17.1 Å². The van der Waals surface area contributed by atoms with Crippen LogP contribution >= 0.6 is 0 Å². The highest BCUT2D eigenvalue weighted by Gasteiger charge is 2.25. The van der Waals surface area contributed by atoms with Crippen molar-refractivity contribution in [3.8, 4) is 23.0 Å². The SMILES string of the molecule is C[C@@H](O)[C@H](NC(=O)c1ccc(C#Cc2oc(CO)cc2-c2ccccc2)cc1)C(=O)NO. The summed E-state index contributed by atoms with van der Waals surface area (Å²) in [5.41, 5.74) is 3.95. The molecule has 0 spiro atoms. The minimum Gasteiger partial charge on any atom is -0.450 e. The van der Waals surface area contributed by atoms with Crippen LogP contribution in [0.1, 0.15) is 34.4 Å². The van der Waals surface area contributed by atoms with E-state index in [1.54, 1.807) is 18.2 Å². The first-order valence-corrected chi connectivity index (χ1v) is 9.77. The fourth-order valence-electron chi connectivity index (χ4n) is 2.98. The Morgan fingerprint density at radius 1 is 1.06 bits per heavy atom. The van der Waals surface area contributed by atoms with Crippen molar-refractivity contribution in [3.05, 3.63) is 83.3 Å². The summed E-state index contributed by atoms with van der Waals surface area (Å²) in [7, 11) is 0. The van der Waals surface area contributed by atoms with Gasteiger partial charge in [0.25, 0.3) is 11.8 Å². The first-order chi connectivity index (χ1) is 15.4. The lowest BCUT2D eigenvalue weighted by molar-refractivity contribution is -0.133. The van der Waals surface area contributed by atoms with Gasteiger partial charge in [-0.3, -0.25) is 14.8 Å². The van der Waals surface area contributed by atoms with Crippen LogP contribution in [0.2, 0.25) is 0 Å². The molecule has 0 aliphatic heterocycles. The highest BCUT2D eigenvalue weighted by molar-refractivity contribution is 5.97. The van der Waals surface area contributed by atoms with E-state index >= 15 is 0 Å². The van der Waals surface area contributed by atoms with Crippen LogP contribution in [0, 0.1) is 11.8 Å². The highest BCUT2D eigenvalue weighted by atomic mass is 16.5. The van der Waals surface area contributed by atoms with Crippen LogP contribution in [-0.2, 0) is 11.4 Å². The molecule has 0 saturated heterocycles. The molecule has 8 heteroatoms. The van der Waals surface area contributed by atoms with E-state index in [1.807, 2.05) is 30.3 Å². The summed E-state index contributed by atoms with van der Waals surface area (Å²) in [6, 6.07) is 16.3. The van der Waals surface area contributed by atoms with Gasteiger partial charge >= 0.3 is 0 Å². The van der Waals surface area contributed by atoms with Crippen molar-refractivity contribution in [2.24, 2.45) is 0 Å². The topological polar surface area (TPSA) is 132 Å². The van der Waals surface area contributed by atoms with Gasteiger partial charge in [-0.2, -0.15) is 0 Å². The van der Waals surface area contributed by atoms with Gasteiger partial charge in [0, 0.05) is 16.7 Å². The highest BCUT2D eigenvalue weighted by Crippen LogP contribution is 2.26. The van der Waals surface area contributed by atoms with E-state index in [4.69, 9.17) is 9.62 Å². The number of amides is 2. The van der Waals surface area contributed by atoms with Crippen molar-refractivity contribution in [3.63, 3.8) is 0 Å². The third kappa shape index (κ3) is 5.42. The van der Waals surface area contributed by atoms with Gasteiger partial charge in [-0.05, 0) is 48.7 Å². The van der Waals surface area contributed by atoms with Crippen LogP contribution in [-0.4, -0.2) is 39.4 Å². The molecule has 2 atom stereocenters. The zero-order chi connectivity index (χ0) is 23.1. The molecular weight excluding hydrogens is 412 g/mol. The summed E-state index contributed by atoms with van der Waals surface area (Å²) in [6.45, 7) is 1.08. The number of carbonyl (C=O) groups excluding carboxylic acids is 2. The van der Waals surface area contributed by atoms with E-state index in [2.05, 4.69) is 17.2 Å². The van der Waals surface area contributed by atoms with Crippen molar-refractivity contribution < 1.29 is 29.4 Å². The first-order valence-electron chi connectivity index (χ1n) is 9.77. The molecule has 1 aromatic heterocycles. The molecule has 3 aromatic rings. The van der Waals surface area contributed by atoms with Crippen LogP contribution in [0.15, 0.2) is 65.1 Å². The smallest absolute Gasteiger partial charge is 0.268 e. The maximum absolute atomic E-state index is 12.3. The number of aliphatic hydroxyl groups excluding tert-OH is 2. The number of benzene rings is 2. The Morgan fingerprint density at radius 2 is 1.75 bits per heavy atom. The molecular formula is C24H22N2O6. The Morgan fingerprint density at radius 3 is 2.34 bits per heavy atom. The van der Waals surface area contributed by atoms with Crippen LogP contribution in [0.5, 0.6) is 0 Å². The van der Waals surface area contributed by atoms with Crippen molar-refractivity contribution >= 4 is 11.8 Å². The number of rotatable bonds is 6. The molecule has 0 fully saturated rings. The second-order valence-corrected chi connectivity index (χ2v) is 6.97. The molecule has 5 N–H and O–H groups in total. The van der Waals surface area contributed by atoms with E-state index < -0.39 is 24.0 Å². The maximum Gasteiger partial charge on any atom is 0.268 e. The largest absolute Gasteiger partial charge is 0.450 e. The standard InChI is InChI=1S/C24H22N2O6/c1-15(28)22(24(30)26-31)25-23(29)18-10-7-16(8-11-18)9-12-21-20(13-19(14-27)32-21)17-5-3-2-4-6-17/h2-8,10-11,13,15,22,27-28,31H,14H2,1H3,(H,25,29)(H,26,30)/t15-,22+/m1/s1. The summed E-state index contributed by atoms with van der Waals surface area (Å²) >= 11 is 0. The number of aliphatic hydroxyl groups is 2. The lowest BCUT2D eigenvalue weighted by atomic mass is 10.1. The molecule has 0 aliphatic rings. The third-order valence-electron chi connectivity index (χ3n) is 4.65. The molecule has 1 heterocycles. The Bertz CT molecular complexity index is 1140. The molecule has 0 radical (unpaired) electrons. The van der Waals surface area contributed by atoms with Gasteiger partial charge in [0.05, 0.1) is 6.10 Å². The van der Waals surface area contributed by atoms with Crippen LogP contribution < -0.4 is 10.8 Å². The number of hydrogen-bond donors (Lipinski definition) is 5. The molecule has 0 aliphatic carbocycles. The van der Waals surface area contributed by atoms with Crippen LogP contribution in [0.25, 0.3) is 11.1 Å². The van der Waals surface area contributed by atoms with Gasteiger partial charge in [-0.15, -0.1) is 0 Å². The predicted molar refractivity (Wildman–Crippen MR) is 115 cm³/mol. The molecule has 8 nitrogen and oxygen atoms in total. The second-order valence-electron chi connectivity index (χ2n) is 6.97. The lowest BCUT2D eigenvalue weighted by Gasteiger charge is -2.19. The van der Waals surface area contributed by atoms with Gasteiger partial charge in [0.1, 0.15) is 18.4 Å². The summed E-state index contributed by atoms with van der Waals surface area (Å²) < 4.78 is 5.63. The van der Waals surface area contributed by atoms with Crippen molar-refractivity contribution in [1.29, 1.82) is 0 Å². The predicted octanol–water partition coefficient (Wildman–Crippen LogP) is 1.82. The summed E-state index contributed by atoms with van der Waals surface area (Å²) in [4.78, 5) is 23.9. The molecule has 0 unspecified atom stereocenters. The zero-order valence-corrected chi connectivity index (χ0v) is 17.2. The number of hydroxylamine groups is 1. The fourth-order valence-corrected chi connectivity index (χ4v) is 2.98. The molecule has 0 bridgehead atoms. The molecule has 2 aromatic carbocycles. The Labute approximate surface area is 184 Å². The molecule has 0 saturated carbocycles. The first kappa shape index (κ1) is 22.8. The third-order valence-corrected chi connectivity index (χ3v) is 4.65. The number of hydrogen-bond acceptors (Lipinski definition) is 6. The molecule has 32 heavy (non-hydrogen) atoms. The normalized spacial score (nSPS) is 12.2. The van der Waals surface area contributed by atoms with Gasteiger partial charge in [0.15, 0.2) is 5.76 Å². The average Bonchev–Trinajstić information content (AvgIpc) is 3.24. The summed E-state index contributed by atoms with van der Waals surface area (Å²) in [6.07, 6.45) is -1.20. The monoisotopic (exact) mass is 434 g/mol. The van der Waals surface area contributed by atoms with Crippen molar-refractivity contribution in [2.45, 2.75) is 25.7 Å². The molecule has 3 rings (SSSR count). The zero-order valence-electron chi connectivity index (χ0n) is 17.2. The number of nitrogens with one attached hydrogen (secondary N) is 2. The minimum absolute atomic E-state index is 0.243. The Kier molecular flexibility index (Phi) is 7.41. The van der Waals surface area contributed by atoms with E-state index in [0.717, 1.165) is 11.1 Å². The van der Waals surface area contributed by atoms with Crippen LogP contribution in [0.3, 0.4) is 0 Å². The average molecular weight is 434 g/mol. The van der Waals surface area contributed by atoms with E-state index in [1.165, 1.54) is 24.5 Å². The van der Waals surface area contributed by atoms with E-state index in [9.17, 15) is 19.8 Å². The van der Waals surface area contributed by atoms with E-state index in [-0.39, 0.29) is 12.2 Å². The minimum atomic E-state index is -1.30. The van der Waals surface area contributed by atoms with Crippen molar-refractivity contribution in [2.75, 3.05) is 0 Å². The molecule has 164 valence electrons. The Hall–Kier alpha value is -3.90. The van der Waals surface area contributed by atoms with Gasteiger partial charge in [-0.25, -0.2) is 5.48 Å². The number of carbonyl (C=O) groups is 2. The van der Waals surface area contributed by atoms with Gasteiger partial charge < -0.3 is 19.9 Å². The van der Waals surface area contributed by atoms with Gasteiger partial charge in [0.2, 0.25) is 0 Å². The quantitative estimate of drug-likeness (QED) is 0.228. The Balaban J connectivity index is 1.79. The fraction of sp³-hybridized carbons (Fsp3) is 0.167. The summed E-state index contributed by atoms with van der Waals surface area (Å²) in [5, 5.41) is 30.1. The second kappa shape index (κ2) is 10.4. The lowest BCUT2D eigenvalue weighted by Crippen LogP contribution is -2.51.